The molecule has 0 aliphatic rings. The lowest BCUT2D eigenvalue weighted by molar-refractivity contribution is 0.0945. The number of hydrogen-bond donors (Lipinski definition) is 3. The Hall–Kier alpha value is -3.45. The highest BCUT2D eigenvalue weighted by Crippen LogP contribution is 2.28. The zero-order valence-corrected chi connectivity index (χ0v) is 17.1. The number of aromatic nitrogens is 3. The molecule has 3 N–H and O–H groups in total. The molecular formula is C23H25N5O2. The van der Waals surface area contributed by atoms with Gasteiger partial charge in [0.2, 0.25) is 0 Å². The monoisotopic (exact) mass is 403 g/mol. The maximum atomic E-state index is 12.1. The predicted octanol–water partition coefficient (Wildman–Crippen LogP) is 3.34. The number of carbonyl (C=O) groups is 1. The second kappa shape index (κ2) is 8.51. The summed E-state index contributed by atoms with van der Waals surface area (Å²) in [5.74, 6) is 1.04. The third-order valence-corrected chi connectivity index (χ3v) is 4.85. The Bertz CT molecular complexity index is 1180. The summed E-state index contributed by atoms with van der Waals surface area (Å²) in [6, 6.07) is 15.4. The molecule has 0 aliphatic carbocycles. The molecule has 1 amide bonds. The number of hydrogen-bond acceptors (Lipinski definition) is 5. The second-order valence-corrected chi connectivity index (χ2v) is 7.58. The van der Waals surface area contributed by atoms with Crippen LogP contribution in [0.2, 0.25) is 0 Å². The van der Waals surface area contributed by atoms with Gasteiger partial charge < -0.3 is 15.7 Å². The van der Waals surface area contributed by atoms with Gasteiger partial charge in [-0.1, -0.05) is 38.1 Å². The van der Waals surface area contributed by atoms with E-state index in [1.54, 1.807) is 12.1 Å². The fourth-order valence-electron chi connectivity index (χ4n) is 3.37. The van der Waals surface area contributed by atoms with Crippen molar-refractivity contribution < 1.29 is 9.90 Å². The Labute approximate surface area is 174 Å². The maximum Gasteiger partial charge on any atom is 0.251 e. The molecule has 2 heterocycles. The van der Waals surface area contributed by atoms with E-state index in [0.717, 1.165) is 40.3 Å². The fraction of sp³-hybridized carbons (Fsp3) is 0.261. The fourth-order valence-corrected chi connectivity index (χ4v) is 3.37. The number of imidazole rings is 1. The highest BCUT2D eigenvalue weighted by atomic mass is 16.3. The Morgan fingerprint density at radius 2 is 1.90 bits per heavy atom. The van der Waals surface area contributed by atoms with Crippen molar-refractivity contribution in [1.82, 2.24) is 19.7 Å². The minimum absolute atomic E-state index is 0.0834. The van der Waals surface area contributed by atoms with Crippen LogP contribution in [0.25, 0.3) is 27.9 Å². The van der Waals surface area contributed by atoms with Crippen LogP contribution in [0.5, 0.6) is 0 Å². The first-order chi connectivity index (χ1) is 14.6. The Balaban J connectivity index is 1.79. The summed E-state index contributed by atoms with van der Waals surface area (Å²) in [4.78, 5) is 21.5. The lowest BCUT2D eigenvalue weighted by Crippen LogP contribution is -2.26. The number of benzene rings is 2. The third kappa shape index (κ3) is 3.84. The van der Waals surface area contributed by atoms with E-state index in [1.807, 2.05) is 42.6 Å². The topological polar surface area (TPSA) is 91.6 Å². The van der Waals surface area contributed by atoms with Crippen LogP contribution < -0.4 is 10.6 Å². The van der Waals surface area contributed by atoms with Crippen molar-refractivity contribution in [3.05, 3.63) is 60.3 Å². The molecule has 7 heteroatoms. The lowest BCUT2D eigenvalue weighted by Gasteiger charge is -2.13. The number of fused-ring (bicyclic) bond motifs is 3. The minimum Gasteiger partial charge on any atom is -0.395 e. The van der Waals surface area contributed by atoms with Crippen LogP contribution in [0, 0.1) is 5.92 Å². The summed E-state index contributed by atoms with van der Waals surface area (Å²) in [7, 11) is 0. The number of nitrogens with one attached hydrogen (secondary N) is 2. The lowest BCUT2D eigenvalue weighted by atomic mass is 10.1. The molecule has 0 radical (unpaired) electrons. The van der Waals surface area contributed by atoms with Gasteiger partial charge in [-0.05, 0) is 30.2 Å². The van der Waals surface area contributed by atoms with Crippen LogP contribution in [0.1, 0.15) is 24.2 Å². The quantitative estimate of drug-likeness (QED) is 0.440. The van der Waals surface area contributed by atoms with Crippen LogP contribution >= 0.6 is 0 Å². The van der Waals surface area contributed by atoms with Crippen LogP contribution in [-0.2, 0) is 0 Å². The molecular weight excluding hydrogens is 378 g/mol. The third-order valence-electron chi connectivity index (χ3n) is 4.85. The van der Waals surface area contributed by atoms with E-state index in [2.05, 4.69) is 33.9 Å². The Morgan fingerprint density at radius 1 is 1.13 bits per heavy atom. The number of anilines is 1. The van der Waals surface area contributed by atoms with E-state index in [4.69, 9.17) is 10.1 Å². The normalized spacial score (nSPS) is 11.3. The molecule has 0 spiro atoms. The maximum absolute atomic E-state index is 12.1. The number of para-hydroxylation sites is 2. The van der Waals surface area contributed by atoms with Crippen molar-refractivity contribution >= 4 is 28.4 Å². The molecule has 0 saturated heterocycles. The van der Waals surface area contributed by atoms with Crippen LogP contribution in [0.3, 0.4) is 0 Å². The SMILES string of the molecule is CC(C)CNc1nc2ccccc2n2c(-c3ccc(C(=O)NCCO)cc3)cnc12. The Morgan fingerprint density at radius 3 is 2.63 bits per heavy atom. The average molecular weight is 403 g/mol. The van der Waals surface area contributed by atoms with Crippen molar-refractivity contribution in [3.63, 3.8) is 0 Å². The molecule has 0 atom stereocenters. The van der Waals surface area contributed by atoms with E-state index in [1.165, 1.54) is 0 Å². The largest absolute Gasteiger partial charge is 0.395 e. The first kappa shape index (κ1) is 19.8. The zero-order valence-electron chi connectivity index (χ0n) is 17.1. The van der Waals surface area contributed by atoms with E-state index in [0.29, 0.717) is 11.5 Å². The van der Waals surface area contributed by atoms with Gasteiger partial charge in [-0.15, -0.1) is 0 Å². The van der Waals surface area contributed by atoms with Gasteiger partial charge >= 0.3 is 0 Å². The molecule has 0 saturated carbocycles. The van der Waals surface area contributed by atoms with Crippen molar-refractivity contribution in [1.29, 1.82) is 0 Å². The van der Waals surface area contributed by atoms with Gasteiger partial charge in [-0.25, -0.2) is 9.97 Å². The standard InChI is InChI=1S/C23H25N5O2/c1-15(2)13-25-21-22-26-14-20(28(22)19-6-4-3-5-18(19)27-21)16-7-9-17(10-8-16)23(30)24-11-12-29/h3-10,14-15,29H,11-13H2,1-2H3,(H,24,30)(H,25,27). The molecule has 2 aromatic heterocycles. The molecule has 0 unspecified atom stereocenters. The van der Waals surface area contributed by atoms with Crippen molar-refractivity contribution in [2.45, 2.75) is 13.8 Å². The van der Waals surface area contributed by atoms with E-state index in [9.17, 15) is 4.79 Å². The molecule has 154 valence electrons. The van der Waals surface area contributed by atoms with E-state index in [-0.39, 0.29) is 19.1 Å². The number of nitrogens with zero attached hydrogens (tertiary/aromatic N) is 3. The molecule has 2 aromatic carbocycles. The van der Waals surface area contributed by atoms with Gasteiger partial charge in [0.25, 0.3) is 5.91 Å². The van der Waals surface area contributed by atoms with Crippen LogP contribution in [0.15, 0.2) is 54.7 Å². The van der Waals surface area contributed by atoms with Gasteiger partial charge in [0.05, 0.1) is 29.5 Å². The predicted molar refractivity (Wildman–Crippen MR) is 119 cm³/mol. The molecule has 0 aliphatic heterocycles. The van der Waals surface area contributed by atoms with Gasteiger partial charge in [-0.2, -0.15) is 0 Å². The molecule has 4 aromatic rings. The van der Waals surface area contributed by atoms with Crippen LogP contribution in [-0.4, -0.2) is 45.1 Å². The van der Waals surface area contributed by atoms with Gasteiger partial charge in [-0.3, -0.25) is 9.20 Å². The summed E-state index contributed by atoms with van der Waals surface area (Å²) < 4.78 is 2.10. The molecule has 30 heavy (non-hydrogen) atoms. The number of carbonyl (C=O) groups excluding carboxylic acids is 1. The molecule has 4 rings (SSSR count). The first-order valence-corrected chi connectivity index (χ1v) is 10.1. The minimum atomic E-state index is -0.205. The summed E-state index contributed by atoms with van der Waals surface area (Å²) in [6.07, 6.45) is 1.84. The summed E-state index contributed by atoms with van der Waals surface area (Å²) in [6.45, 7) is 5.26. The zero-order chi connectivity index (χ0) is 21.1. The number of rotatable bonds is 7. The Kier molecular flexibility index (Phi) is 5.63. The van der Waals surface area contributed by atoms with Crippen molar-refractivity contribution in [2.24, 2.45) is 5.92 Å². The summed E-state index contributed by atoms with van der Waals surface area (Å²) in [5, 5.41) is 15.0. The average Bonchev–Trinajstić information content (AvgIpc) is 3.21. The summed E-state index contributed by atoms with van der Waals surface area (Å²) >= 11 is 0. The van der Waals surface area contributed by atoms with Crippen molar-refractivity contribution in [2.75, 3.05) is 25.0 Å². The van der Waals surface area contributed by atoms with E-state index >= 15 is 0 Å². The molecule has 0 bridgehead atoms. The second-order valence-electron chi connectivity index (χ2n) is 7.58. The van der Waals surface area contributed by atoms with E-state index < -0.39 is 0 Å². The highest BCUT2D eigenvalue weighted by Gasteiger charge is 2.15. The first-order valence-electron chi connectivity index (χ1n) is 10.1. The number of amides is 1. The van der Waals surface area contributed by atoms with Crippen LogP contribution in [0.4, 0.5) is 5.82 Å². The van der Waals surface area contributed by atoms with Crippen molar-refractivity contribution in [3.8, 4) is 11.3 Å². The number of aliphatic hydroxyl groups is 1. The van der Waals surface area contributed by atoms with Gasteiger partial charge in [0, 0.05) is 24.2 Å². The number of aliphatic hydroxyl groups excluding tert-OH is 1. The van der Waals surface area contributed by atoms with Gasteiger partial charge in [0.1, 0.15) is 0 Å². The molecule has 0 fully saturated rings. The molecule has 7 nitrogen and oxygen atoms in total. The van der Waals surface area contributed by atoms with Gasteiger partial charge in [0.15, 0.2) is 11.5 Å². The summed E-state index contributed by atoms with van der Waals surface area (Å²) in [5.41, 5.74) is 5.06. The highest BCUT2D eigenvalue weighted by molar-refractivity contribution is 5.94. The smallest absolute Gasteiger partial charge is 0.251 e.